The molecule has 0 aliphatic rings. The Labute approximate surface area is 165 Å². The van der Waals surface area contributed by atoms with Crippen LogP contribution in [0.1, 0.15) is 31.0 Å². The van der Waals surface area contributed by atoms with Crippen LogP contribution in [-0.4, -0.2) is 47.8 Å². The number of carbonyl (C=O) groups is 2. The lowest BCUT2D eigenvalue weighted by Gasteiger charge is -2.33. The second-order valence-electron chi connectivity index (χ2n) is 6.25. The Balaban J connectivity index is 2.40. The molecule has 0 bridgehead atoms. The van der Waals surface area contributed by atoms with Crippen molar-refractivity contribution in [3.63, 3.8) is 0 Å². The first-order chi connectivity index (χ1) is 13.6. The summed E-state index contributed by atoms with van der Waals surface area (Å²) in [5.74, 6) is -1.14. The van der Waals surface area contributed by atoms with Gasteiger partial charge in [0.1, 0.15) is 0 Å². The maximum Gasteiger partial charge on any atom is 0.336 e. The molecule has 0 aliphatic carbocycles. The third kappa shape index (κ3) is 6.18. The average Bonchev–Trinajstić information content (AvgIpc) is 2.70. The van der Waals surface area contributed by atoms with E-state index in [0.717, 1.165) is 5.56 Å². The largest absolute Gasteiger partial charge is 0.465 e. The van der Waals surface area contributed by atoms with Crippen molar-refractivity contribution in [2.45, 2.75) is 32.5 Å². The van der Waals surface area contributed by atoms with Crippen molar-refractivity contribution in [3.8, 4) is 0 Å². The number of esters is 2. The predicted octanol–water partition coefficient (Wildman–Crippen LogP) is 2.72. The lowest BCUT2D eigenvalue weighted by Crippen LogP contribution is -2.43. The van der Waals surface area contributed by atoms with E-state index < -0.39 is 24.1 Å². The highest BCUT2D eigenvalue weighted by atomic mass is 16.5. The molecule has 2 rings (SSSR count). The van der Waals surface area contributed by atoms with Crippen LogP contribution < -0.4 is 0 Å². The number of benzene rings is 2. The van der Waals surface area contributed by atoms with Crippen LogP contribution in [0.4, 0.5) is 0 Å². The van der Waals surface area contributed by atoms with E-state index in [1.807, 2.05) is 60.7 Å². The Bertz CT molecular complexity index is 735. The minimum absolute atomic E-state index is 0.0707. The minimum atomic E-state index is -1.44. The quantitative estimate of drug-likeness (QED) is 0.634. The first kappa shape index (κ1) is 21.6. The van der Waals surface area contributed by atoms with Crippen LogP contribution in [0.5, 0.6) is 0 Å². The van der Waals surface area contributed by atoms with Gasteiger partial charge in [0.2, 0.25) is 0 Å². The van der Waals surface area contributed by atoms with Crippen LogP contribution in [0.25, 0.3) is 0 Å². The molecule has 0 heterocycles. The first-order valence-corrected chi connectivity index (χ1v) is 9.40. The summed E-state index contributed by atoms with van der Waals surface area (Å²) >= 11 is 0. The van der Waals surface area contributed by atoms with Crippen LogP contribution in [-0.2, 0) is 25.6 Å². The van der Waals surface area contributed by atoms with Gasteiger partial charge in [0.25, 0.3) is 0 Å². The number of hydrogen-bond donors (Lipinski definition) is 1. The third-order valence-corrected chi connectivity index (χ3v) is 4.23. The van der Waals surface area contributed by atoms with E-state index in [-0.39, 0.29) is 19.8 Å². The second-order valence-corrected chi connectivity index (χ2v) is 6.25. The molecule has 0 aliphatic heterocycles. The summed E-state index contributed by atoms with van der Waals surface area (Å²) in [6, 6.07) is 17.9. The van der Waals surface area contributed by atoms with E-state index in [2.05, 4.69) is 0 Å². The zero-order valence-electron chi connectivity index (χ0n) is 16.3. The highest BCUT2D eigenvalue weighted by Crippen LogP contribution is 2.27. The van der Waals surface area contributed by atoms with E-state index >= 15 is 0 Å². The van der Waals surface area contributed by atoms with Gasteiger partial charge >= 0.3 is 11.9 Å². The zero-order valence-corrected chi connectivity index (χ0v) is 16.3. The zero-order chi connectivity index (χ0) is 20.4. The molecule has 2 atom stereocenters. The normalized spacial score (nSPS) is 13.0. The van der Waals surface area contributed by atoms with Gasteiger partial charge in [0.15, 0.2) is 6.10 Å². The summed E-state index contributed by atoms with van der Waals surface area (Å²) < 4.78 is 10.1. The van der Waals surface area contributed by atoms with Crippen LogP contribution in [0, 0.1) is 0 Å². The monoisotopic (exact) mass is 385 g/mol. The molecule has 2 aromatic rings. The fourth-order valence-electron chi connectivity index (χ4n) is 3.04. The molecule has 0 spiro atoms. The second kappa shape index (κ2) is 11.2. The maximum atomic E-state index is 12.3. The molecule has 0 amide bonds. The molecule has 0 saturated carbocycles. The number of aliphatic hydroxyl groups is 1. The minimum Gasteiger partial charge on any atom is -0.465 e. The van der Waals surface area contributed by atoms with E-state index in [9.17, 15) is 14.7 Å². The van der Waals surface area contributed by atoms with Gasteiger partial charge in [-0.25, -0.2) is 4.79 Å². The van der Waals surface area contributed by atoms with Crippen molar-refractivity contribution in [2.24, 2.45) is 0 Å². The van der Waals surface area contributed by atoms with E-state index in [1.54, 1.807) is 18.7 Å². The van der Waals surface area contributed by atoms with Gasteiger partial charge < -0.3 is 14.6 Å². The van der Waals surface area contributed by atoms with Crippen molar-refractivity contribution in [1.82, 2.24) is 4.90 Å². The molecular weight excluding hydrogens is 358 g/mol. The van der Waals surface area contributed by atoms with E-state index in [1.165, 1.54) is 0 Å². The van der Waals surface area contributed by atoms with Crippen LogP contribution in [0.15, 0.2) is 60.7 Å². The summed E-state index contributed by atoms with van der Waals surface area (Å²) in [5, 5.41) is 10.8. The lowest BCUT2D eigenvalue weighted by atomic mass is 9.98. The summed E-state index contributed by atoms with van der Waals surface area (Å²) in [5.41, 5.74) is 1.66. The van der Waals surface area contributed by atoms with Gasteiger partial charge in [-0.2, -0.15) is 0 Å². The SMILES string of the molecule is CCOC(=O)CN(Cc1ccccc1)[C@H](c1ccccc1)[C@@H](O)C(=O)OCC. The van der Waals surface area contributed by atoms with Gasteiger partial charge in [-0.05, 0) is 25.0 Å². The molecule has 0 saturated heterocycles. The first-order valence-electron chi connectivity index (χ1n) is 9.40. The van der Waals surface area contributed by atoms with Crippen molar-refractivity contribution in [2.75, 3.05) is 19.8 Å². The molecule has 0 aromatic heterocycles. The number of hydrogen-bond acceptors (Lipinski definition) is 6. The Morgan fingerprint density at radius 2 is 1.50 bits per heavy atom. The number of nitrogens with zero attached hydrogens (tertiary/aromatic N) is 1. The number of ether oxygens (including phenoxy) is 2. The van der Waals surface area contributed by atoms with Gasteiger partial charge in [-0.15, -0.1) is 0 Å². The Kier molecular flexibility index (Phi) is 8.65. The molecule has 0 unspecified atom stereocenters. The van der Waals surface area contributed by atoms with Crippen LogP contribution in [0.3, 0.4) is 0 Å². The Morgan fingerprint density at radius 1 is 0.929 bits per heavy atom. The van der Waals surface area contributed by atoms with Gasteiger partial charge in [-0.3, -0.25) is 9.69 Å². The average molecular weight is 385 g/mol. The predicted molar refractivity (Wildman–Crippen MR) is 105 cm³/mol. The maximum absolute atomic E-state index is 12.3. The number of carbonyl (C=O) groups excluding carboxylic acids is 2. The fraction of sp³-hybridized carbons (Fsp3) is 0.364. The molecule has 150 valence electrons. The molecule has 0 fully saturated rings. The standard InChI is InChI=1S/C22H27NO5/c1-3-27-19(24)16-23(15-17-11-7-5-8-12-17)20(18-13-9-6-10-14-18)21(25)22(26)28-4-2/h5-14,20-21,25H,3-4,15-16H2,1-2H3/t20-,21-/m1/s1. The number of rotatable bonds is 10. The molecule has 1 N–H and O–H groups in total. The van der Waals surface area contributed by atoms with Crippen molar-refractivity contribution < 1.29 is 24.2 Å². The molecule has 6 heteroatoms. The highest BCUT2D eigenvalue weighted by molar-refractivity contribution is 5.76. The molecule has 2 aromatic carbocycles. The smallest absolute Gasteiger partial charge is 0.336 e. The van der Waals surface area contributed by atoms with E-state index in [0.29, 0.717) is 12.1 Å². The summed E-state index contributed by atoms with van der Waals surface area (Å²) in [7, 11) is 0. The Hall–Kier alpha value is -2.70. The highest BCUT2D eigenvalue weighted by Gasteiger charge is 2.35. The Morgan fingerprint density at radius 3 is 2.07 bits per heavy atom. The molecule has 28 heavy (non-hydrogen) atoms. The topological polar surface area (TPSA) is 76.1 Å². The fourth-order valence-corrected chi connectivity index (χ4v) is 3.04. The van der Waals surface area contributed by atoms with Crippen molar-refractivity contribution >= 4 is 11.9 Å². The summed E-state index contributed by atoms with van der Waals surface area (Å²) in [6.45, 7) is 4.13. The van der Waals surface area contributed by atoms with Gasteiger partial charge in [-0.1, -0.05) is 60.7 Å². The summed E-state index contributed by atoms with van der Waals surface area (Å²) in [6.07, 6.45) is -1.44. The molecule has 0 radical (unpaired) electrons. The third-order valence-electron chi connectivity index (χ3n) is 4.23. The van der Waals surface area contributed by atoms with Crippen LogP contribution >= 0.6 is 0 Å². The lowest BCUT2D eigenvalue weighted by molar-refractivity contribution is -0.159. The number of aliphatic hydroxyl groups excluding tert-OH is 1. The van der Waals surface area contributed by atoms with Crippen molar-refractivity contribution in [1.29, 1.82) is 0 Å². The van der Waals surface area contributed by atoms with Gasteiger partial charge in [0.05, 0.1) is 25.8 Å². The molecule has 6 nitrogen and oxygen atoms in total. The van der Waals surface area contributed by atoms with Gasteiger partial charge in [0, 0.05) is 6.54 Å². The van der Waals surface area contributed by atoms with Crippen LogP contribution in [0.2, 0.25) is 0 Å². The molecular formula is C22H27NO5. The van der Waals surface area contributed by atoms with E-state index in [4.69, 9.17) is 9.47 Å². The summed E-state index contributed by atoms with van der Waals surface area (Å²) in [4.78, 5) is 26.3. The van der Waals surface area contributed by atoms with Crippen molar-refractivity contribution in [3.05, 3.63) is 71.8 Å².